The standard InChI is InChI=1S/C23H27Cl2N5O3/c1-13-2-3-16(27-13)20(33)30-12-21(10-23(24,25)11-21)8-17(30)19(32)28-15(9-26)6-14-7-22(4-5-22)29-18(14)31/h2-3,14-15,17,27H,4-8,10-12H2,1H3,(H,28,32)(H,29,31)/t14-,15+,17+/m1/s1. The predicted molar refractivity (Wildman–Crippen MR) is 121 cm³/mol. The zero-order chi connectivity index (χ0) is 23.6. The quantitative estimate of drug-likeness (QED) is 0.548. The lowest BCUT2D eigenvalue weighted by molar-refractivity contribution is -0.126. The van der Waals surface area contributed by atoms with Gasteiger partial charge in [-0.2, -0.15) is 5.26 Å². The molecular weight excluding hydrogens is 465 g/mol. The van der Waals surface area contributed by atoms with Crippen LogP contribution in [0.3, 0.4) is 0 Å². The van der Waals surface area contributed by atoms with Crippen LogP contribution in [0.2, 0.25) is 0 Å². The van der Waals surface area contributed by atoms with Gasteiger partial charge in [-0.05, 0) is 69.4 Å². The lowest BCUT2D eigenvalue weighted by atomic mass is 9.66. The van der Waals surface area contributed by atoms with Crippen LogP contribution >= 0.6 is 23.2 Å². The molecule has 2 aliphatic heterocycles. The minimum absolute atomic E-state index is 0.0456. The van der Waals surface area contributed by atoms with E-state index in [-0.39, 0.29) is 41.0 Å². The topological polar surface area (TPSA) is 118 Å². The number of halogens is 2. The molecule has 4 fully saturated rings. The molecule has 0 radical (unpaired) electrons. The Hall–Kier alpha value is -2.24. The molecule has 2 spiro atoms. The number of aromatic amines is 1. The maximum absolute atomic E-state index is 13.3. The molecule has 10 heteroatoms. The van der Waals surface area contributed by atoms with E-state index in [9.17, 15) is 19.6 Å². The fraction of sp³-hybridized carbons (Fsp3) is 0.652. The summed E-state index contributed by atoms with van der Waals surface area (Å²) in [6.45, 7) is 2.24. The van der Waals surface area contributed by atoms with E-state index in [1.54, 1.807) is 11.0 Å². The van der Waals surface area contributed by atoms with E-state index in [1.165, 1.54) is 0 Å². The molecule has 1 aromatic heterocycles. The van der Waals surface area contributed by atoms with Crippen LogP contribution in [0.25, 0.3) is 0 Å². The van der Waals surface area contributed by atoms with Crippen LogP contribution in [0.15, 0.2) is 12.1 Å². The summed E-state index contributed by atoms with van der Waals surface area (Å²) in [7, 11) is 0. The fourth-order valence-electron chi connectivity index (χ4n) is 5.93. The van der Waals surface area contributed by atoms with Crippen LogP contribution in [-0.2, 0) is 9.59 Å². The highest BCUT2D eigenvalue weighted by Gasteiger charge is 2.60. The number of likely N-dealkylation sites (tertiary alicyclic amines) is 1. The van der Waals surface area contributed by atoms with E-state index in [0.717, 1.165) is 18.5 Å². The van der Waals surface area contributed by atoms with Crippen molar-refractivity contribution in [3.05, 3.63) is 23.5 Å². The molecule has 4 aliphatic rings. The van der Waals surface area contributed by atoms with Crippen LogP contribution in [0.5, 0.6) is 0 Å². The summed E-state index contributed by atoms with van der Waals surface area (Å²) in [4.78, 5) is 43.5. The summed E-state index contributed by atoms with van der Waals surface area (Å²) >= 11 is 12.5. The molecule has 3 heterocycles. The molecule has 0 unspecified atom stereocenters. The zero-order valence-corrected chi connectivity index (χ0v) is 19.9. The average Bonchev–Trinajstić information content (AvgIpc) is 3.04. The van der Waals surface area contributed by atoms with Crippen LogP contribution in [-0.4, -0.2) is 56.1 Å². The number of carbonyl (C=O) groups is 3. The van der Waals surface area contributed by atoms with Gasteiger partial charge in [-0.25, -0.2) is 0 Å². The molecule has 0 aromatic carbocycles. The maximum Gasteiger partial charge on any atom is 0.270 e. The van der Waals surface area contributed by atoms with Crippen LogP contribution in [0, 0.1) is 29.6 Å². The Morgan fingerprint density at radius 1 is 1.30 bits per heavy atom. The maximum atomic E-state index is 13.3. The van der Waals surface area contributed by atoms with Crippen LogP contribution in [0.4, 0.5) is 0 Å². The molecule has 176 valence electrons. The van der Waals surface area contributed by atoms with Gasteiger partial charge in [-0.15, -0.1) is 23.2 Å². The third-order valence-electron chi connectivity index (χ3n) is 7.64. The average molecular weight is 492 g/mol. The first-order valence-corrected chi connectivity index (χ1v) is 12.1. The van der Waals surface area contributed by atoms with E-state index in [2.05, 4.69) is 21.7 Å². The first kappa shape index (κ1) is 22.5. The van der Waals surface area contributed by atoms with Gasteiger partial charge < -0.3 is 20.5 Å². The number of aryl methyl sites for hydroxylation is 1. The van der Waals surface area contributed by atoms with Crippen LogP contribution < -0.4 is 10.6 Å². The summed E-state index contributed by atoms with van der Waals surface area (Å²) < 4.78 is -0.840. The predicted octanol–water partition coefficient (Wildman–Crippen LogP) is 2.56. The van der Waals surface area contributed by atoms with Crippen molar-refractivity contribution in [2.45, 2.75) is 73.8 Å². The van der Waals surface area contributed by atoms with Gasteiger partial charge in [-0.3, -0.25) is 14.4 Å². The molecule has 3 N–H and O–H groups in total. The van der Waals surface area contributed by atoms with Crippen molar-refractivity contribution in [1.82, 2.24) is 20.5 Å². The van der Waals surface area contributed by atoms with Crippen molar-refractivity contribution in [1.29, 1.82) is 5.26 Å². The highest BCUT2D eigenvalue weighted by atomic mass is 35.5. The number of hydrogen-bond donors (Lipinski definition) is 3. The molecule has 1 aromatic rings. The Kier molecular flexibility index (Phi) is 5.22. The second kappa shape index (κ2) is 7.64. The molecule has 3 atom stereocenters. The fourth-order valence-corrected chi connectivity index (χ4v) is 7.07. The Bertz CT molecular complexity index is 1050. The van der Waals surface area contributed by atoms with E-state index >= 15 is 0 Å². The second-order valence-corrected chi connectivity index (χ2v) is 12.2. The van der Waals surface area contributed by atoms with Crippen LogP contribution in [0.1, 0.15) is 61.1 Å². The number of rotatable bonds is 5. The van der Waals surface area contributed by atoms with Gasteiger partial charge in [0, 0.05) is 23.7 Å². The number of hydrogen-bond acceptors (Lipinski definition) is 4. The molecular formula is C23H27Cl2N5O3. The molecule has 33 heavy (non-hydrogen) atoms. The Labute approximate surface area is 202 Å². The monoisotopic (exact) mass is 491 g/mol. The van der Waals surface area contributed by atoms with Gasteiger partial charge in [-0.1, -0.05) is 0 Å². The third kappa shape index (κ3) is 4.22. The smallest absolute Gasteiger partial charge is 0.270 e. The summed E-state index contributed by atoms with van der Waals surface area (Å²) in [5, 5.41) is 15.5. The van der Waals surface area contributed by atoms with Crippen molar-refractivity contribution < 1.29 is 14.4 Å². The Balaban J connectivity index is 1.30. The summed E-state index contributed by atoms with van der Waals surface area (Å²) in [6, 6.07) is 4.11. The van der Waals surface area contributed by atoms with E-state index < -0.39 is 16.4 Å². The van der Waals surface area contributed by atoms with E-state index in [1.807, 2.05) is 13.0 Å². The van der Waals surface area contributed by atoms with E-state index in [4.69, 9.17) is 23.2 Å². The van der Waals surface area contributed by atoms with Gasteiger partial charge in [0.1, 0.15) is 22.1 Å². The van der Waals surface area contributed by atoms with Gasteiger partial charge >= 0.3 is 0 Å². The molecule has 5 rings (SSSR count). The highest BCUT2D eigenvalue weighted by molar-refractivity contribution is 6.49. The lowest BCUT2D eigenvalue weighted by Gasteiger charge is -2.47. The number of aromatic nitrogens is 1. The second-order valence-electron chi connectivity index (χ2n) is 10.5. The van der Waals surface area contributed by atoms with Crippen molar-refractivity contribution in [2.75, 3.05) is 6.54 Å². The van der Waals surface area contributed by atoms with Crippen molar-refractivity contribution >= 4 is 40.9 Å². The summed E-state index contributed by atoms with van der Waals surface area (Å²) in [6.07, 6.45) is 4.37. The lowest BCUT2D eigenvalue weighted by Crippen LogP contribution is -2.49. The molecule has 8 nitrogen and oxygen atoms in total. The Morgan fingerprint density at radius 3 is 2.58 bits per heavy atom. The first-order chi connectivity index (χ1) is 15.5. The number of alkyl halides is 2. The van der Waals surface area contributed by atoms with E-state index in [0.29, 0.717) is 37.9 Å². The van der Waals surface area contributed by atoms with Gasteiger partial charge in [0.15, 0.2) is 0 Å². The SMILES string of the molecule is Cc1ccc(C(=O)N2CC3(C[C@H]2C(=O)N[C@H](C#N)C[C@@H]2CC4(CC4)NC2=O)CC(Cl)(Cl)C3)[nH]1. The molecule has 2 aliphatic carbocycles. The Morgan fingerprint density at radius 2 is 2.03 bits per heavy atom. The highest BCUT2D eigenvalue weighted by Crippen LogP contribution is 2.60. The van der Waals surface area contributed by atoms with Gasteiger partial charge in [0.05, 0.1) is 6.07 Å². The van der Waals surface area contributed by atoms with Crippen molar-refractivity contribution in [3.8, 4) is 6.07 Å². The largest absolute Gasteiger partial charge is 0.355 e. The zero-order valence-electron chi connectivity index (χ0n) is 18.4. The first-order valence-electron chi connectivity index (χ1n) is 11.4. The summed E-state index contributed by atoms with van der Waals surface area (Å²) in [5.41, 5.74) is 0.874. The summed E-state index contributed by atoms with van der Waals surface area (Å²) in [5.74, 6) is -0.972. The third-order valence-corrected chi connectivity index (χ3v) is 8.18. The minimum Gasteiger partial charge on any atom is -0.355 e. The minimum atomic E-state index is -0.840. The molecule has 3 amide bonds. The number of nitrogens with one attached hydrogen (secondary N) is 3. The normalized spacial score (nSPS) is 28.8. The van der Waals surface area contributed by atoms with Gasteiger partial charge in [0.25, 0.3) is 5.91 Å². The number of nitrogens with zero attached hydrogens (tertiary/aromatic N) is 2. The number of H-pyrrole nitrogens is 1. The number of amides is 3. The number of nitriles is 1. The number of carbonyl (C=O) groups excluding carboxylic acids is 3. The van der Waals surface area contributed by atoms with Gasteiger partial charge in [0.2, 0.25) is 11.8 Å². The van der Waals surface area contributed by atoms with Crippen molar-refractivity contribution in [2.24, 2.45) is 11.3 Å². The molecule has 0 bridgehead atoms. The molecule has 2 saturated heterocycles. The van der Waals surface area contributed by atoms with Crippen molar-refractivity contribution in [3.63, 3.8) is 0 Å². The molecule has 2 saturated carbocycles.